The molecule has 0 unspecified atom stereocenters. The number of amidine groups is 1. The molecule has 0 saturated heterocycles. The summed E-state index contributed by atoms with van der Waals surface area (Å²) >= 11 is 5.18. The van der Waals surface area contributed by atoms with E-state index >= 15 is 0 Å². The summed E-state index contributed by atoms with van der Waals surface area (Å²) in [4.78, 5) is 1.10. The first-order valence-electron chi connectivity index (χ1n) is 5.42. The third kappa shape index (κ3) is 4.18. The topological polar surface area (TPSA) is 49.9 Å². The van der Waals surface area contributed by atoms with Crippen molar-refractivity contribution in [2.75, 3.05) is 5.75 Å². The molecule has 0 atom stereocenters. The lowest BCUT2D eigenvalue weighted by Crippen LogP contribution is -2.12. The van der Waals surface area contributed by atoms with Crippen LogP contribution >= 0.6 is 27.7 Å². The van der Waals surface area contributed by atoms with E-state index < -0.39 is 0 Å². The van der Waals surface area contributed by atoms with Gasteiger partial charge >= 0.3 is 0 Å². The molecule has 16 heavy (non-hydrogen) atoms. The van der Waals surface area contributed by atoms with Gasteiger partial charge in [0.1, 0.15) is 5.84 Å². The molecule has 1 aromatic carbocycles. The van der Waals surface area contributed by atoms with E-state index in [2.05, 4.69) is 22.9 Å². The minimum Gasteiger partial charge on any atom is -0.384 e. The zero-order chi connectivity index (χ0) is 12.0. The molecule has 1 aromatic rings. The Morgan fingerprint density at radius 3 is 2.81 bits per heavy atom. The Hall–Kier alpha value is -0.480. The van der Waals surface area contributed by atoms with Crippen LogP contribution in [0.2, 0.25) is 0 Å². The SMILES string of the molecule is CCCCCSc1ccc(Br)cc1C(=N)N. The predicted octanol–water partition coefficient (Wildman–Crippen LogP) is 4.02. The number of halogens is 1. The lowest BCUT2D eigenvalue weighted by atomic mass is 10.2. The normalized spacial score (nSPS) is 10.4. The summed E-state index contributed by atoms with van der Waals surface area (Å²) in [6, 6.07) is 5.93. The van der Waals surface area contributed by atoms with E-state index in [9.17, 15) is 0 Å². The zero-order valence-electron chi connectivity index (χ0n) is 9.42. The molecule has 0 bridgehead atoms. The Balaban J connectivity index is 2.67. The van der Waals surface area contributed by atoms with E-state index in [4.69, 9.17) is 11.1 Å². The highest BCUT2D eigenvalue weighted by Crippen LogP contribution is 2.26. The van der Waals surface area contributed by atoms with Gasteiger partial charge in [-0.05, 0) is 30.4 Å². The molecule has 4 heteroatoms. The van der Waals surface area contributed by atoms with Crippen LogP contribution in [0, 0.1) is 5.41 Å². The molecule has 0 heterocycles. The van der Waals surface area contributed by atoms with Crippen molar-refractivity contribution in [1.82, 2.24) is 0 Å². The van der Waals surface area contributed by atoms with Gasteiger partial charge in [-0.2, -0.15) is 0 Å². The van der Waals surface area contributed by atoms with Crippen molar-refractivity contribution in [3.63, 3.8) is 0 Å². The third-order valence-electron chi connectivity index (χ3n) is 2.24. The van der Waals surface area contributed by atoms with Crippen LogP contribution in [0.1, 0.15) is 31.7 Å². The molecular formula is C12H17BrN2S. The molecule has 0 amide bonds. The average molecular weight is 301 g/mol. The number of rotatable bonds is 6. The Morgan fingerprint density at radius 1 is 1.44 bits per heavy atom. The second-order valence-electron chi connectivity index (χ2n) is 3.61. The number of hydrogen-bond acceptors (Lipinski definition) is 2. The van der Waals surface area contributed by atoms with Crippen molar-refractivity contribution < 1.29 is 0 Å². The van der Waals surface area contributed by atoms with Crippen LogP contribution in [-0.2, 0) is 0 Å². The van der Waals surface area contributed by atoms with E-state index in [1.54, 1.807) is 11.8 Å². The van der Waals surface area contributed by atoms with Crippen LogP contribution in [0.25, 0.3) is 0 Å². The number of thioether (sulfide) groups is 1. The molecule has 88 valence electrons. The van der Waals surface area contributed by atoms with Crippen LogP contribution in [0.15, 0.2) is 27.6 Å². The Kier molecular flexibility index (Phi) is 5.91. The molecule has 0 spiro atoms. The highest BCUT2D eigenvalue weighted by Gasteiger charge is 2.06. The Bertz CT molecular complexity index is 366. The summed E-state index contributed by atoms with van der Waals surface area (Å²) in [6.45, 7) is 2.20. The summed E-state index contributed by atoms with van der Waals surface area (Å²) < 4.78 is 0.968. The minimum absolute atomic E-state index is 0.138. The monoisotopic (exact) mass is 300 g/mol. The van der Waals surface area contributed by atoms with Gasteiger partial charge in [0, 0.05) is 14.9 Å². The summed E-state index contributed by atoms with van der Waals surface area (Å²) in [5.41, 5.74) is 6.39. The van der Waals surface area contributed by atoms with Gasteiger partial charge in [-0.3, -0.25) is 5.41 Å². The molecule has 3 N–H and O–H groups in total. The maximum atomic E-state index is 7.53. The number of nitrogens with one attached hydrogen (secondary N) is 1. The fourth-order valence-electron chi connectivity index (χ4n) is 1.37. The van der Waals surface area contributed by atoms with Crippen molar-refractivity contribution in [2.45, 2.75) is 31.1 Å². The predicted molar refractivity (Wildman–Crippen MR) is 75.4 cm³/mol. The maximum Gasteiger partial charge on any atom is 0.123 e. The van der Waals surface area contributed by atoms with Gasteiger partial charge in [0.25, 0.3) is 0 Å². The van der Waals surface area contributed by atoms with E-state index in [1.165, 1.54) is 19.3 Å². The molecule has 0 aliphatic rings. The van der Waals surface area contributed by atoms with Crippen molar-refractivity contribution >= 4 is 33.5 Å². The van der Waals surface area contributed by atoms with Gasteiger partial charge in [-0.1, -0.05) is 35.7 Å². The molecule has 1 rings (SSSR count). The first kappa shape index (κ1) is 13.6. The highest BCUT2D eigenvalue weighted by atomic mass is 79.9. The lowest BCUT2D eigenvalue weighted by Gasteiger charge is -2.08. The van der Waals surface area contributed by atoms with Gasteiger partial charge in [0.2, 0.25) is 0 Å². The van der Waals surface area contributed by atoms with Crippen LogP contribution in [0.4, 0.5) is 0 Å². The smallest absolute Gasteiger partial charge is 0.123 e. The quantitative estimate of drug-likeness (QED) is 0.361. The molecule has 0 radical (unpaired) electrons. The van der Waals surface area contributed by atoms with E-state index in [1.807, 2.05) is 18.2 Å². The summed E-state index contributed by atoms with van der Waals surface area (Å²) in [6.07, 6.45) is 3.72. The second kappa shape index (κ2) is 6.97. The van der Waals surface area contributed by atoms with Gasteiger partial charge < -0.3 is 5.73 Å². The molecule has 0 aliphatic heterocycles. The van der Waals surface area contributed by atoms with E-state index in [-0.39, 0.29) is 5.84 Å². The third-order valence-corrected chi connectivity index (χ3v) is 3.89. The zero-order valence-corrected chi connectivity index (χ0v) is 11.8. The van der Waals surface area contributed by atoms with Crippen molar-refractivity contribution in [3.8, 4) is 0 Å². The molecule has 0 saturated carbocycles. The molecular weight excluding hydrogens is 284 g/mol. The second-order valence-corrected chi connectivity index (χ2v) is 5.66. The fourth-order valence-corrected chi connectivity index (χ4v) is 2.79. The number of hydrogen-bond donors (Lipinski definition) is 2. The Labute approximate surface area is 110 Å². The number of unbranched alkanes of at least 4 members (excludes halogenated alkanes) is 2. The van der Waals surface area contributed by atoms with Crippen molar-refractivity contribution in [1.29, 1.82) is 5.41 Å². The first-order chi connectivity index (χ1) is 7.65. The minimum atomic E-state index is 0.138. The fraction of sp³-hybridized carbons (Fsp3) is 0.417. The van der Waals surface area contributed by atoms with Crippen molar-refractivity contribution in [2.24, 2.45) is 5.73 Å². The molecule has 0 aromatic heterocycles. The lowest BCUT2D eigenvalue weighted by molar-refractivity contribution is 0.778. The number of benzene rings is 1. The van der Waals surface area contributed by atoms with Crippen LogP contribution in [0.5, 0.6) is 0 Å². The summed E-state index contributed by atoms with van der Waals surface area (Å²) in [7, 11) is 0. The maximum absolute atomic E-state index is 7.53. The molecule has 0 fully saturated rings. The van der Waals surface area contributed by atoms with Crippen LogP contribution < -0.4 is 5.73 Å². The van der Waals surface area contributed by atoms with Crippen LogP contribution in [0.3, 0.4) is 0 Å². The molecule has 0 aliphatic carbocycles. The van der Waals surface area contributed by atoms with Gasteiger partial charge in [0.05, 0.1) is 0 Å². The Morgan fingerprint density at radius 2 is 2.19 bits per heavy atom. The number of nitrogens with two attached hydrogens (primary N) is 1. The average Bonchev–Trinajstić information content (AvgIpc) is 2.26. The molecule has 2 nitrogen and oxygen atoms in total. The standard InChI is InChI=1S/C12H17BrN2S/c1-2-3-4-7-16-11-6-5-9(13)8-10(11)12(14)15/h5-6,8H,2-4,7H2,1H3,(H3,14,15). The summed E-state index contributed by atoms with van der Waals surface area (Å²) in [5.74, 6) is 1.23. The summed E-state index contributed by atoms with van der Waals surface area (Å²) in [5, 5.41) is 7.53. The van der Waals surface area contributed by atoms with Gasteiger partial charge in [0.15, 0.2) is 0 Å². The van der Waals surface area contributed by atoms with Crippen LogP contribution in [-0.4, -0.2) is 11.6 Å². The van der Waals surface area contributed by atoms with E-state index in [0.717, 1.165) is 20.7 Å². The van der Waals surface area contributed by atoms with E-state index in [0.29, 0.717) is 0 Å². The van der Waals surface area contributed by atoms with Gasteiger partial charge in [-0.25, -0.2) is 0 Å². The van der Waals surface area contributed by atoms with Crippen molar-refractivity contribution in [3.05, 3.63) is 28.2 Å². The number of nitrogen functional groups attached to an aromatic ring is 1. The largest absolute Gasteiger partial charge is 0.384 e. The highest BCUT2D eigenvalue weighted by molar-refractivity contribution is 9.10. The first-order valence-corrected chi connectivity index (χ1v) is 7.19. The van der Waals surface area contributed by atoms with Gasteiger partial charge in [-0.15, -0.1) is 11.8 Å².